The zero-order chi connectivity index (χ0) is 15.6. The average molecular weight is 305 g/mol. The number of rotatable bonds is 6. The summed E-state index contributed by atoms with van der Waals surface area (Å²) in [5.41, 5.74) is 0.544. The Kier molecular flexibility index (Phi) is 4.15. The Labute approximate surface area is 130 Å². The van der Waals surface area contributed by atoms with Crippen molar-refractivity contribution in [2.45, 2.75) is 44.2 Å². The third-order valence-corrected chi connectivity index (χ3v) is 4.53. The normalized spacial score (nSPS) is 20.1. The molecule has 2 heterocycles. The second-order valence-corrected chi connectivity index (χ2v) is 6.23. The zero-order valence-electron chi connectivity index (χ0n) is 13.0. The predicted octanol–water partition coefficient (Wildman–Crippen LogP) is 0.764. The van der Waals surface area contributed by atoms with E-state index in [0.29, 0.717) is 6.54 Å². The van der Waals surface area contributed by atoms with Crippen molar-refractivity contribution in [3.05, 3.63) is 18.0 Å². The van der Waals surface area contributed by atoms with Crippen molar-refractivity contribution < 1.29 is 9.59 Å². The van der Waals surface area contributed by atoms with Crippen molar-refractivity contribution in [3.8, 4) is 0 Å². The monoisotopic (exact) mass is 305 g/mol. The molecule has 1 aliphatic carbocycles. The van der Waals surface area contributed by atoms with Crippen molar-refractivity contribution >= 4 is 11.9 Å². The summed E-state index contributed by atoms with van der Waals surface area (Å²) in [5, 5.41) is 10.3. The summed E-state index contributed by atoms with van der Waals surface area (Å²) in [6, 6.07) is -0.223. The largest absolute Gasteiger partial charge is 0.325 e. The van der Waals surface area contributed by atoms with Crippen LogP contribution in [-0.4, -0.2) is 45.2 Å². The Morgan fingerprint density at radius 2 is 2.14 bits per heavy atom. The third-order valence-electron chi connectivity index (χ3n) is 4.53. The molecule has 1 saturated heterocycles. The number of hydrogen-bond acceptors (Lipinski definition) is 4. The van der Waals surface area contributed by atoms with E-state index in [1.165, 1.54) is 4.90 Å². The van der Waals surface area contributed by atoms with Crippen LogP contribution < -0.4 is 10.6 Å². The van der Waals surface area contributed by atoms with Crippen LogP contribution in [0.15, 0.2) is 12.4 Å². The Morgan fingerprint density at radius 1 is 1.36 bits per heavy atom. The Hall–Kier alpha value is -1.89. The summed E-state index contributed by atoms with van der Waals surface area (Å²) in [6.07, 6.45) is 8.16. The summed E-state index contributed by atoms with van der Waals surface area (Å²) in [5.74, 6) is -0.0257. The van der Waals surface area contributed by atoms with Gasteiger partial charge in [-0.25, -0.2) is 4.79 Å². The fraction of sp³-hybridized carbons (Fsp3) is 0.667. The molecule has 0 radical (unpaired) electrons. The van der Waals surface area contributed by atoms with E-state index < -0.39 is 5.54 Å². The maximum absolute atomic E-state index is 12.4. The topological polar surface area (TPSA) is 79.3 Å². The van der Waals surface area contributed by atoms with Crippen LogP contribution in [0.4, 0.5) is 4.79 Å². The van der Waals surface area contributed by atoms with Crippen LogP contribution in [0.5, 0.6) is 0 Å². The SMILES string of the molecule is Cn1cc(CNCCCN2C(=O)NC3(CCCC3)C2=O)cn1. The van der Waals surface area contributed by atoms with Crippen LogP contribution in [0.25, 0.3) is 0 Å². The Morgan fingerprint density at radius 3 is 2.82 bits per heavy atom. The van der Waals surface area contributed by atoms with Crippen molar-refractivity contribution in [2.24, 2.45) is 7.05 Å². The molecule has 22 heavy (non-hydrogen) atoms. The maximum Gasteiger partial charge on any atom is 0.325 e. The summed E-state index contributed by atoms with van der Waals surface area (Å²) in [4.78, 5) is 25.8. The molecule has 2 fully saturated rings. The molecule has 1 saturated carbocycles. The lowest BCUT2D eigenvalue weighted by Gasteiger charge is -2.20. The lowest BCUT2D eigenvalue weighted by atomic mass is 9.98. The smallest absolute Gasteiger partial charge is 0.323 e. The van der Waals surface area contributed by atoms with Crippen LogP contribution in [0.3, 0.4) is 0 Å². The van der Waals surface area contributed by atoms with E-state index in [-0.39, 0.29) is 11.9 Å². The first-order chi connectivity index (χ1) is 10.6. The number of nitrogens with zero attached hydrogens (tertiary/aromatic N) is 3. The molecule has 3 rings (SSSR count). The highest BCUT2D eigenvalue weighted by Gasteiger charge is 2.51. The summed E-state index contributed by atoms with van der Waals surface area (Å²) in [6.45, 7) is 1.99. The van der Waals surface area contributed by atoms with E-state index in [4.69, 9.17) is 0 Å². The summed E-state index contributed by atoms with van der Waals surface area (Å²) >= 11 is 0. The highest BCUT2D eigenvalue weighted by atomic mass is 16.2. The number of aryl methyl sites for hydroxylation is 1. The van der Waals surface area contributed by atoms with Crippen LogP contribution in [0.2, 0.25) is 0 Å². The number of urea groups is 1. The first-order valence-electron chi connectivity index (χ1n) is 7.93. The van der Waals surface area contributed by atoms with Gasteiger partial charge in [0, 0.05) is 31.9 Å². The van der Waals surface area contributed by atoms with E-state index in [1.54, 1.807) is 4.68 Å². The van der Waals surface area contributed by atoms with Gasteiger partial charge in [-0.1, -0.05) is 12.8 Å². The summed E-state index contributed by atoms with van der Waals surface area (Å²) < 4.78 is 1.77. The quantitative estimate of drug-likeness (QED) is 0.601. The maximum atomic E-state index is 12.4. The minimum absolute atomic E-state index is 0.0257. The van der Waals surface area contributed by atoms with Crippen molar-refractivity contribution in [1.29, 1.82) is 0 Å². The molecule has 7 nitrogen and oxygen atoms in total. The fourth-order valence-electron chi connectivity index (χ4n) is 3.35. The Bertz CT molecular complexity index is 562. The van der Waals surface area contributed by atoms with Gasteiger partial charge in [-0.15, -0.1) is 0 Å². The van der Waals surface area contributed by atoms with Gasteiger partial charge in [0.05, 0.1) is 6.20 Å². The van der Waals surface area contributed by atoms with Crippen molar-refractivity contribution in [1.82, 2.24) is 25.3 Å². The number of aromatic nitrogens is 2. The number of carbonyl (C=O) groups excluding carboxylic acids is 2. The van der Waals surface area contributed by atoms with Gasteiger partial charge in [-0.05, 0) is 25.8 Å². The molecular formula is C15H23N5O2. The number of nitrogens with one attached hydrogen (secondary N) is 2. The number of imide groups is 1. The van der Waals surface area contributed by atoms with Gasteiger partial charge in [0.15, 0.2) is 0 Å². The lowest BCUT2D eigenvalue weighted by Crippen LogP contribution is -2.44. The molecule has 0 bridgehead atoms. The van der Waals surface area contributed by atoms with E-state index in [1.807, 2.05) is 19.4 Å². The van der Waals surface area contributed by atoms with Gasteiger partial charge in [0.25, 0.3) is 5.91 Å². The fourth-order valence-corrected chi connectivity index (χ4v) is 3.35. The van der Waals surface area contributed by atoms with Crippen LogP contribution in [-0.2, 0) is 18.4 Å². The molecule has 1 aromatic rings. The molecule has 0 atom stereocenters. The van der Waals surface area contributed by atoms with Crippen LogP contribution >= 0.6 is 0 Å². The zero-order valence-corrected chi connectivity index (χ0v) is 13.0. The standard InChI is InChI=1S/C15H23N5O2/c1-19-11-12(10-17-19)9-16-7-4-8-20-13(21)15(18-14(20)22)5-2-3-6-15/h10-11,16H,2-9H2,1H3,(H,18,22). The molecule has 1 spiro atoms. The second-order valence-electron chi connectivity index (χ2n) is 6.23. The first kappa shape index (κ1) is 15.0. The molecule has 2 aliphatic rings. The van der Waals surface area contributed by atoms with E-state index in [0.717, 1.165) is 50.8 Å². The number of amides is 3. The highest BCUT2D eigenvalue weighted by molar-refractivity contribution is 6.07. The minimum atomic E-state index is -0.583. The van der Waals surface area contributed by atoms with Crippen LogP contribution in [0, 0.1) is 0 Å². The molecule has 3 amide bonds. The molecule has 0 unspecified atom stereocenters. The van der Waals surface area contributed by atoms with Crippen LogP contribution in [0.1, 0.15) is 37.7 Å². The molecule has 1 aromatic heterocycles. The molecule has 120 valence electrons. The van der Waals surface area contributed by atoms with Gasteiger partial charge in [-0.3, -0.25) is 14.4 Å². The van der Waals surface area contributed by atoms with Gasteiger partial charge >= 0.3 is 6.03 Å². The minimum Gasteiger partial charge on any atom is -0.323 e. The third kappa shape index (κ3) is 2.85. The van der Waals surface area contributed by atoms with E-state index in [2.05, 4.69) is 15.7 Å². The van der Waals surface area contributed by atoms with E-state index in [9.17, 15) is 9.59 Å². The number of hydrogen-bond donors (Lipinski definition) is 2. The van der Waals surface area contributed by atoms with Gasteiger partial charge in [0.2, 0.25) is 0 Å². The second kappa shape index (κ2) is 6.08. The lowest BCUT2D eigenvalue weighted by molar-refractivity contribution is -0.131. The van der Waals surface area contributed by atoms with Crippen molar-refractivity contribution in [2.75, 3.05) is 13.1 Å². The molecule has 7 heteroatoms. The highest BCUT2D eigenvalue weighted by Crippen LogP contribution is 2.34. The molecule has 1 aliphatic heterocycles. The summed E-state index contributed by atoms with van der Waals surface area (Å²) in [7, 11) is 1.89. The number of carbonyl (C=O) groups is 2. The van der Waals surface area contributed by atoms with Crippen molar-refractivity contribution in [3.63, 3.8) is 0 Å². The van der Waals surface area contributed by atoms with Gasteiger partial charge < -0.3 is 10.6 Å². The average Bonchev–Trinajstić information content (AvgIpc) is 3.16. The van der Waals surface area contributed by atoms with E-state index >= 15 is 0 Å². The molecular weight excluding hydrogens is 282 g/mol. The molecule has 0 aromatic carbocycles. The van der Waals surface area contributed by atoms with Gasteiger partial charge in [-0.2, -0.15) is 5.10 Å². The Balaban J connectivity index is 1.42. The first-order valence-corrected chi connectivity index (χ1v) is 7.93. The molecule has 2 N–H and O–H groups in total. The van der Waals surface area contributed by atoms with Gasteiger partial charge in [0.1, 0.15) is 5.54 Å². The predicted molar refractivity (Wildman–Crippen MR) is 81.0 cm³/mol.